The highest BCUT2D eigenvalue weighted by Crippen LogP contribution is 2.19. The Balaban J connectivity index is 1.44. The van der Waals surface area contributed by atoms with Gasteiger partial charge in [-0.25, -0.2) is 0 Å². The maximum absolute atomic E-state index is 12.5. The van der Waals surface area contributed by atoms with Crippen LogP contribution in [0.25, 0.3) is 11.8 Å². The quantitative estimate of drug-likeness (QED) is 0.522. The van der Waals surface area contributed by atoms with Gasteiger partial charge in [0.05, 0.1) is 25.1 Å². The van der Waals surface area contributed by atoms with E-state index in [9.17, 15) is 10.1 Å². The molecule has 0 bridgehead atoms. The van der Waals surface area contributed by atoms with Crippen molar-refractivity contribution in [3.8, 4) is 11.8 Å². The molecule has 3 aromatic rings. The van der Waals surface area contributed by atoms with Crippen molar-refractivity contribution in [2.24, 2.45) is 0 Å². The van der Waals surface area contributed by atoms with E-state index in [1.54, 1.807) is 0 Å². The molecule has 1 aliphatic rings. The first kappa shape index (κ1) is 19.4. The fourth-order valence-electron chi connectivity index (χ4n) is 3.10. The van der Waals surface area contributed by atoms with Gasteiger partial charge < -0.3 is 15.0 Å². The van der Waals surface area contributed by atoms with Gasteiger partial charge in [0.2, 0.25) is 0 Å². The lowest BCUT2D eigenvalue weighted by molar-refractivity contribution is -0.112. The molecule has 8 heteroatoms. The largest absolute Gasteiger partial charge is 0.378 e. The first-order valence-electron chi connectivity index (χ1n) is 9.56. The molecule has 2 heterocycles. The first-order valence-corrected chi connectivity index (χ1v) is 9.56. The van der Waals surface area contributed by atoms with Gasteiger partial charge in [-0.1, -0.05) is 18.2 Å². The summed E-state index contributed by atoms with van der Waals surface area (Å²) in [5, 5.41) is 20.7. The second kappa shape index (κ2) is 9.03. The van der Waals surface area contributed by atoms with Crippen molar-refractivity contribution in [3.63, 3.8) is 0 Å². The highest BCUT2D eigenvalue weighted by Gasteiger charge is 2.13. The number of nitrogens with zero attached hydrogens (tertiary/aromatic N) is 5. The Hall–Kier alpha value is -3.96. The highest BCUT2D eigenvalue weighted by atomic mass is 16.5. The number of rotatable bonds is 5. The van der Waals surface area contributed by atoms with E-state index < -0.39 is 5.91 Å². The number of nitrogens with one attached hydrogen (secondary N) is 1. The van der Waals surface area contributed by atoms with Crippen LogP contribution in [-0.4, -0.2) is 47.2 Å². The standard InChI is InChI=1S/C22H20N6O2/c23-15-17(14-19-16-24-28(26-19)21-4-2-1-3-5-21)22(29)25-18-6-8-20(9-7-18)27-10-12-30-13-11-27/h1-9,14,16H,10-13H2,(H,25,29)/b17-14-. The van der Waals surface area contributed by atoms with Crippen molar-refractivity contribution in [2.45, 2.75) is 0 Å². The smallest absolute Gasteiger partial charge is 0.266 e. The van der Waals surface area contributed by atoms with Gasteiger partial charge in [-0.15, -0.1) is 5.10 Å². The van der Waals surface area contributed by atoms with Crippen LogP contribution in [0.2, 0.25) is 0 Å². The molecule has 1 saturated heterocycles. The highest BCUT2D eigenvalue weighted by molar-refractivity contribution is 6.09. The molecule has 1 amide bonds. The molecule has 1 aromatic heterocycles. The molecular weight excluding hydrogens is 380 g/mol. The van der Waals surface area contributed by atoms with Crippen LogP contribution < -0.4 is 10.2 Å². The van der Waals surface area contributed by atoms with Gasteiger partial charge in [0.1, 0.15) is 17.3 Å². The number of carbonyl (C=O) groups is 1. The Kier molecular flexibility index (Phi) is 5.83. The van der Waals surface area contributed by atoms with E-state index in [0.717, 1.165) is 24.5 Å². The minimum absolute atomic E-state index is 0.0487. The lowest BCUT2D eigenvalue weighted by Crippen LogP contribution is -2.36. The minimum Gasteiger partial charge on any atom is -0.378 e. The Morgan fingerprint density at radius 1 is 1.07 bits per heavy atom. The van der Waals surface area contributed by atoms with E-state index in [4.69, 9.17) is 4.74 Å². The van der Waals surface area contributed by atoms with Crippen LogP contribution in [0, 0.1) is 11.3 Å². The third-order valence-electron chi connectivity index (χ3n) is 4.66. The molecule has 0 aliphatic carbocycles. The van der Waals surface area contributed by atoms with Gasteiger partial charge in [-0.3, -0.25) is 4.79 Å². The summed E-state index contributed by atoms with van der Waals surface area (Å²) in [6.07, 6.45) is 2.93. The lowest BCUT2D eigenvalue weighted by atomic mass is 10.2. The molecule has 0 radical (unpaired) electrons. The molecule has 8 nitrogen and oxygen atoms in total. The summed E-state index contributed by atoms with van der Waals surface area (Å²) < 4.78 is 5.37. The molecule has 30 heavy (non-hydrogen) atoms. The number of ether oxygens (including phenoxy) is 1. The number of hydrogen-bond acceptors (Lipinski definition) is 6. The van der Waals surface area contributed by atoms with Gasteiger partial charge in [-0.2, -0.15) is 15.2 Å². The van der Waals surface area contributed by atoms with Gasteiger partial charge in [-0.05, 0) is 42.5 Å². The summed E-state index contributed by atoms with van der Waals surface area (Å²) >= 11 is 0. The number of anilines is 2. The maximum atomic E-state index is 12.5. The van der Waals surface area contributed by atoms with Crippen LogP contribution in [0.5, 0.6) is 0 Å². The summed E-state index contributed by atoms with van der Waals surface area (Å²) in [5.74, 6) is -0.495. The van der Waals surface area contributed by atoms with Gasteiger partial charge >= 0.3 is 0 Å². The molecule has 1 fully saturated rings. The number of morpholine rings is 1. The Bertz CT molecular complexity index is 1080. The third kappa shape index (κ3) is 4.54. The third-order valence-corrected chi connectivity index (χ3v) is 4.66. The Labute approximate surface area is 174 Å². The fraction of sp³-hybridized carbons (Fsp3) is 0.182. The Morgan fingerprint density at radius 2 is 1.80 bits per heavy atom. The zero-order valence-corrected chi connectivity index (χ0v) is 16.2. The molecule has 0 unspecified atom stereocenters. The molecular formula is C22H20N6O2. The summed E-state index contributed by atoms with van der Waals surface area (Å²) in [5.41, 5.74) is 2.86. The summed E-state index contributed by atoms with van der Waals surface area (Å²) in [6, 6.07) is 18.9. The average molecular weight is 400 g/mol. The van der Waals surface area contributed by atoms with Gasteiger partial charge in [0.25, 0.3) is 5.91 Å². The van der Waals surface area contributed by atoms with Crippen molar-refractivity contribution in [1.82, 2.24) is 15.0 Å². The van der Waals surface area contributed by atoms with E-state index in [-0.39, 0.29) is 5.57 Å². The fourth-order valence-corrected chi connectivity index (χ4v) is 3.10. The minimum atomic E-state index is -0.495. The molecule has 0 spiro atoms. The number of para-hydroxylation sites is 1. The van der Waals surface area contributed by atoms with E-state index in [1.165, 1.54) is 17.1 Å². The second-order valence-corrected chi connectivity index (χ2v) is 6.66. The maximum Gasteiger partial charge on any atom is 0.266 e. The van der Waals surface area contributed by atoms with Crippen LogP contribution in [0.4, 0.5) is 11.4 Å². The number of hydrogen-bond donors (Lipinski definition) is 1. The van der Waals surface area contributed by atoms with E-state index >= 15 is 0 Å². The number of benzene rings is 2. The van der Waals surface area contributed by atoms with Crippen molar-refractivity contribution in [2.75, 3.05) is 36.5 Å². The lowest BCUT2D eigenvalue weighted by Gasteiger charge is -2.28. The van der Waals surface area contributed by atoms with Crippen molar-refractivity contribution >= 4 is 23.4 Å². The van der Waals surface area contributed by atoms with E-state index in [2.05, 4.69) is 20.4 Å². The first-order chi connectivity index (χ1) is 14.7. The van der Waals surface area contributed by atoms with Gasteiger partial charge in [0, 0.05) is 24.5 Å². The second-order valence-electron chi connectivity index (χ2n) is 6.66. The van der Waals surface area contributed by atoms with Crippen LogP contribution in [0.1, 0.15) is 5.69 Å². The monoisotopic (exact) mass is 400 g/mol. The van der Waals surface area contributed by atoms with Crippen LogP contribution in [0.3, 0.4) is 0 Å². The Morgan fingerprint density at radius 3 is 2.50 bits per heavy atom. The van der Waals surface area contributed by atoms with Crippen molar-refractivity contribution in [3.05, 3.63) is 72.1 Å². The van der Waals surface area contributed by atoms with Crippen LogP contribution in [0.15, 0.2) is 66.4 Å². The zero-order chi connectivity index (χ0) is 20.8. The van der Waals surface area contributed by atoms with Crippen LogP contribution >= 0.6 is 0 Å². The van der Waals surface area contributed by atoms with E-state index in [1.807, 2.05) is 60.7 Å². The summed E-state index contributed by atoms with van der Waals surface area (Å²) in [4.78, 5) is 16.2. The average Bonchev–Trinajstić information content (AvgIpc) is 3.28. The number of amides is 1. The molecule has 1 N–H and O–H groups in total. The molecule has 150 valence electrons. The predicted molar refractivity (Wildman–Crippen MR) is 113 cm³/mol. The molecule has 0 saturated carbocycles. The van der Waals surface area contributed by atoms with Crippen LogP contribution in [-0.2, 0) is 9.53 Å². The van der Waals surface area contributed by atoms with Crippen molar-refractivity contribution < 1.29 is 9.53 Å². The topological polar surface area (TPSA) is 96.1 Å². The molecule has 2 aromatic carbocycles. The summed E-state index contributed by atoms with van der Waals surface area (Å²) in [7, 11) is 0. The van der Waals surface area contributed by atoms with Crippen molar-refractivity contribution in [1.29, 1.82) is 5.26 Å². The molecule has 1 aliphatic heterocycles. The SMILES string of the molecule is N#C/C(=C/c1cnn(-c2ccccc2)n1)C(=O)Nc1ccc(N2CCOCC2)cc1. The summed E-state index contributed by atoms with van der Waals surface area (Å²) in [6.45, 7) is 3.11. The zero-order valence-electron chi connectivity index (χ0n) is 16.2. The van der Waals surface area contributed by atoms with E-state index in [0.29, 0.717) is 24.6 Å². The van der Waals surface area contributed by atoms with Gasteiger partial charge in [0.15, 0.2) is 0 Å². The predicted octanol–water partition coefficient (Wildman–Crippen LogP) is 2.65. The number of carbonyl (C=O) groups excluding carboxylic acids is 1. The number of nitriles is 1. The normalized spacial score (nSPS) is 14.2. The molecule has 0 atom stereocenters. The molecule has 4 rings (SSSR count). The number of aromatic nitrogens is 3.